The van der Waals surface area contributed by atoms with Gasteiger partial charge in [0.15, 0.2) is 0 Å². The second-order valence-electron chi connectivity index (χ2n) is 4.55. The average molecular weight is 250 g/mol. The van der Waals surface area contributed by atoms with E-state index in [1.54, 1.807) is 11.8 Å². The first kappa shape index (κ1) is 12.5. The lowest BCUT2D eigenvalue weighted by Gasteiger charge is -2.22. The Morgan fingerprint density at radius 2 is 2.12 bits per heavy atom. The van der Waals surface area contributed by atoms with Crippen LogP contribution in [0.4, 0.5) is 5.69 Å². The number of anilines is 1. The Morgan fingerprint density at radius 1 is 1.41 bits per heavy atom. The van der Waals surface area contributed by atoms with Crippen molar-refractivity contribution in [2.24, 2.45) is 5.73 Å². The number of hydrogen-bond acceptors (Lipinski definition) is 3. The number of carbonyl (C=O) groups excluding carboxylic acids is 1. The van der Waals surface area contributed by atoms with Gasteiger partial charge in [0.25, 0.3) is 0 Å². The zero-order valence-electron chi connectivity index (χ0n) is 10.0. The number of benzene rings is 1. The molecule has 4 heteroatoms. The smallest absolute Gasteiger partial charge is 0.244 e. The fourth-order valence-corrected chi connectivity index (χ4v) is 2.65. The molecule has 0 heterocycles. The molecule has 17 heavy (non-hydrogen) atoms. The standard InChI is InChI=1S/C13H18N2OS/c1-17-11-6-4-5-10(9-11)15-12(16)13(14)7-2-3-8-13/h4-6,9H,2-3,7-8,14H2,1H3,(H,15,16). The summed E-state index contributed by atoms with van der Waals surface area (Å²) in [4.78, 5) is 13.2. The number of hydrogen-bond donors (Lipinski definition) is 2. The number of thioether (sulfide) groups is 1. The molecule has 92 valence electrons. The van der Waals surface area contributed by atoms with Crippen LogP contribution in [0.2, 0.25) is 0 Å². The molecule has 0 atom stereocenters. The van der Waals surface area contributed by atoms with Gasteiger partial charge in [-0.25, -0.2) is 0 Å². The van der Waals surface area contributed by atoms with E-state index in [9.17, 15) is 4.79 Å². The zero-order valence-corrected chi connectivity index (χ0v) is 10.8. The summed E-state index contributed by atoms with van der Waals surface area (Å²) in [5.41, 5.74) is 6.28. The highest BCUT2D eigenvalue weighted by Crippen LogP contribution is 2.28. The van der Waals surface area contributed by atoms with Gasteiger partial charge in [0.1, 0.15) is 0 Å². The van der Waals surface area contributed by atoms with Crippen LogP contribution < -0.4 is 11.1 Å². The first-order valence-corrected chi connectivity index (χ1v) is 7.11. The Hall–Kier alpha value is -1.00. The van der Waals surface area contributed by atoms with Crippen molar-refractivity contribution in [1.29, 1.82) is 0 Å². The van der Waals surface area contributed by atoms with Crippen LogP contribution in [0, 0.1) is 0 Å². The fraction of sp³-hybridized carbons (Fsp3) is 0.462. The van der Waals surface area contributed by atoms with Crippen molar-refractivity contribution in [3.05, 3.63) is 24.3 Å². The Morgan fingerprint density at radius 3 is 2.76 bits per heavy atom. The topological polar surface area (TPSA) is 55.1 Å². The van der Waals surface area contributed by atoms with Crippen molar-refractivity contribution >= 4 is 23.4 Å². The maximum absolute atomic E-state index is 12.1. The predicted octanol–water partition coefficient (Wildman–Crippen LogP) is 2.62. The molecule has 3 N–H and O–H groups in total. The minimum atomic E-state index is -0.657. The number of rotatable bonds is 3. The lowest BCUT2D eigenvalue weighted by Crippen LogP contribution is -2.48. The summed E-state index contributed by atoms with van der Waals surface area (Å²) in [6.07, 6.45) is 5.70. The highest BCUT2D eigenvalue weighted by Gasteiger charge is 2.36. The fourth-order valence-electron chi connectivity index (χ4n) is 2.19. The van der Waals surface area contributed by atoms with Gasteiger partial charge in [-0.15, -0.1) is 11.8 Å². The number of amides is 1. The molecular formula is C13H18N2OS. The van der Waals surface area contributed by atoms with Crippen LogP contribution in [0.1, 0.15) is 25.7 Å². The lowest BCUT2D eigenvalue weighted by molar-refractivity contribution is -0.121. The van der Waals surface area contributed by atoms with Crippen molar-refractivity contribution in [3.8, 4) is 0 Å². The molecule has 0 radical (unpaired) electrons. The van der Waals surface area contributed by atoms with Crippen LogP contribution in [0.3, 0.4) is 0 Å². The van der Waals surface area contributed by atoms with E-state index in [1.165, 1.54) is 0 Å². The molecular weight excluding hydrogens is 232 g/mol. The van der Waals surface area contributed by atoms with Gasteiger partial charge in [-0.05, 0) is 37.3 Å². The van der Waals surface area contributed by atoms with Gasteiger partial charge in [-0.1, -0.05) is 18.9 Å². The third kappa shape index (κ3) is 2.82. The van der Waals surface area contributed by atoms with Crippen molar-refractivity contribution in [2.45, 2.75) is 36.1 Å². The maximum Gasteiger partial charge on any atom is 0.244 e. The molecule has 1 fully saturated rings. The van der Waals surface area contributed by atoms with E-state index in [2.05, 4.69) is 5.32 Å². The Kier molecular flexibility index (Phi) is 3.74. The summed E-state index contributed by atoms with van der Waals surface area (Å²) in [5.74, 6) is -0.0479. The normalized spacial score (nSPS) is 18.0. The molecule has 0 saturated heterocycles. The summed E-state index contributed by atoms with van der Waals surface area (Å²) in [6.45, 7) is 0. The third-order valence-corrected chi connectivity index (χ3v) is 4.00. The first-order valence-electron chi connectivity index (χ1n) is 5.88. The van der Waals surface area contributed by atoms with Gasteiger partial charge >= 0.3 is 0 Å². The molecule has 0 unspecified atom stereocenters. The van der Waals surface area contributed by atoms with Crippen LogP contribution in [0.15, 0.2) is 29.2 Å². The number of carbonyl (C=O) groups is 1. The number of nitrogens with two attached hydrogens (primary N) is 1. The summed E-state index contributed by atoms with van der Waals surface area (Å²) in [6, 6.07) is 7.84. The molecule has 0 bridgehead atoms. The second-order valence-corrected chi connectivity index (χ2v) is 5.43. The molecule has 1 aliphatic rings. The number of nitrogens with one attached hydrogen (secondary N) is 1. The molecule has 2 rings (SSSR count). The molecule has 3 nitrogen and oxygen atoms in total. The highest BCUT2D eigenvalue weighted by atomic mass is 32.2. The molecule has 0 aromatic heterocycles. The Balaban J connectivity index is 2.07. The van der Waals surface area contributed by atoms with E-state index in [0.29, 0.717) is 0 Å². The molecule has 1 aromatic carbocycles. The predicted molar refractivity (Wildman–Crippen MR) is 72.2 cm³/mol. The second kappa shape index (κ2) is 5.10. The molecule has 0 spiro atoms. The van der Waals surface area contributed by atoms with Gasteiger partial charge in [0.05, 0.1) is 5.54 Å². The highest BCUT2D eigenvalue weighted by molar-refractivity contribution is 7.98. The SMILES string of the molecule is CSc1cccc(NC(=O)C2(N)CCCC2)c1. The Labute approximate surface area is 106 Å². The van der Waals surface area contributed by atoms with E-state index < -0.39 is 5.54 Å². The van der Waals surface area contributed by atoms with E-state index in [4.69, 9.17) is 5.73 Å². The van der Waals surface area contributed by atoms with Crippen molar-refractivity contribution in [2.75, 3.05) is 11.6 Å². The van der Waals surface area contributed by atoms with Crippen molar-refractivity contribution in [1.82, 2.24) is 0 Å². The maximum atomic E-state index is 12.1. The van der Waals surface area contributed by atoms with Crippen LogP contribution in [0.5, 0.6) is 0 Å². The quantitative estimate of drug-likeness (QED) is 0.811. The summed E-state index contributed by atoms with van der Waals surface area (Å²) in [7, 11) is 0. The van der Waals surface area contributed by atoms with E-state index in [0.717, 1.165) is 36.3 Å². The van der Waals surface area contributed by atoms with E-state index >= 15 is 0 Å². The minimum absolute atomic E-state index is 0.0479. The molecule has 1 amide bonds. The van der Waals surface area contributed by atoms with Gasteiger partial charge in [-0.2, -0.15) is 0 Å². The van der Waals surface area contributed by atoms with Crippen LogP contribution in [-0.2, 0) is 4.79 Å². The van der Waals surface area contributed by atoms with Gasteiger partial charge in [0, 0.05) is 10.6 Å². The van der Waals surface area contributed by atoms with Gasteiger partial charge < -0.3 is 11.1 Å². The molecule has 1 saturated carbocycles. The van der Waals surface area contributed by atoms with Crippen molar-refractivity contribution < 1.29 is 4.79 Å². The summed E-state index contributed by atoms with van der Waals surface area (Å²) < 4.78 is 0. The first-order chi connectivity index (χ1) is 8.14. The van der Waals surface area contributed by atoms with E-state index in [-0.39, 0.29) is 5.91 Å². The summed E-state index contributed by atoms with van der Waals surface area (Å²) >= 11 is 1.66. The summed E-state index contributed by atoms with van der Waals surface area (Å²) in [5, 5.41) is 2.92. The molecule has 1 aliphatic carbocycles. The van der Waals surface area contributed by atoms with E-state index in [1.807, 2.05) is 30.5 Å². The Bertz CT molecular complexity index is 414. The van der Waals surface area contributed by atoms with Crippen LogP contribution in [0.25, 0.3) is 0 Å². The lowest BCUT2D eigenvalue weighted by atomic mass is 9.98. The van der Waals surface area contributed by atoms with Crippen molar-refractivity contribution in [3.63, 3.8) is 0 Å². The monoisotopic (exact) mass is 250 g/mol. The largest absolute Gasteiger partial charge is 0.324 e. The van der Waals surface area contributed by atoms with Gasteiger partial charge in [0.2, 0.25) is 5.91 Å². The average Bonchev–Trinajstić information content (AvgIpc) is 2.78. The van der Waals surface area contributed by atoms with Crippen LogP contribution >= 0.6 is 11.8 Å². The van der Waals surface area contributed by atoms with Gasteiger partial charge in [-0.3, -0.25) is 4.79 Å². The minimum Gasteiger partial charge on any atom is -0.324 e. The molecule has 1 aromatic rings. The molecule has 0 aliphatic heterocycles. The third-order valence-electron chi connectivity index (χ3n) is 3.28. The van der Waals surface area contributed by atoms with Crippen LogP contribution in [-0.4, -0.2) is 17.7 Å². The zero-order chi connectivity index (χ0) is 12.3.